The fraction of sp³-hybridized carbons (Fsp3) is 0.429. The van der Waals surface area contributed by atoms with Crippen molar-refractivity contribution in [3.63, 3.8) is 0 Å². The summed E-state index contributed by atoms with van der Waals surface area (Å²) < 4.78 is 28.0. The van der Waals surface area contributed by atoms with E-state index in [0.29, 0.717) is 6.61 Å². The van der Waals surface area contributed by atoms with Gasteiger partial charge in [-0.15, -0.1) is 6.58 Å². The zero-order valence-electron chi connectivity index (χ0n) is 12.0. The van der Waals surface area contributed by atoms with Crippen LogP contribution in [0.4, 0.5) is 0 Å². The summed E-state index contributed by atoms with van der Waals surface area (Å²) >= 11 is 0. The van der Waals surface area contributed by atoms with Gasteiger partial charge in [0.1, 0.15) is 24.4 Å². The minimum absolute atomic E-state index is 0.293. The summed E-state index contributed by atoms with van der Waals surface area (Å²) in [5, 5.41) is 0. The fourth-order valence-electron chi connectivity index (χ4n) is 2.35. The molecule has 0 aromatic heterocycles. The van der Waals surface area contributed by atoms with E-state index >= 15 is 0 Å². The molecule has 2 rings (SSSR count). The molecule has 0 spiro atoms. The Morgan fingerprint density at radius 1 is 1.18 bits per heavy atom. The Morgan fingerprint density at radius 2 is 1.91 bits per heavy atom. The van der Waals surface area contributed by atoms with Crippen molar-refractivity contribution in [2.75, 3.05) is 6.61 Å². The maximum atomic E-state index is 6.08. The molecular weight excluding hydrogens is 341 g/mol. The van der Waals surface area contributed by atoms with E-state index in [1.54, 1.807) is 6.08 Å². The molecule has 4 unspecified atom stereocenters. The van der Waals surface area contributed by atoms with Crippen LogP contribution in [-0.2, 0) is 23.0 Å². The topological polar surface area (TPSA) is 46.2 Å². The van der Waals surface area contributed by atoms with Gasteiger partial charge in [0, 0.05) is 34.0 Å². The Bertz CT molecular complexity index is 461. The molecule has 0 radical (unpaired) electrons. The van der Waals surface area contributed by atoms with Crippen LogP contribution in [0.2, 0.25) is 0 Å². The van der Waals surface area contributed by atoms with Crippen LogP contribution < -0.4 is 0 Å². The second-order valence-electron chi connectivity index (χ2n) is 4.79. The molecule has 1 aliphatic heterocycles. The third-order valence-electron chi connectivity index (χ3n) is 3.50. The van der Waals surface area contributed by atoms with Crippen LogP contribution in [0.1, 0.15) is 11.9 Å². The van der Waals surface area contributed by atoms with E-state index in [1.165, 1.54) is 0 Å². The van der Waals surface area contributed by atoms with Crippen molar-refractivity contribution in [3.8, 4) is 0 Å². The van der Waals surface area contributed by atoms with Crippen LogP contribution in [0.3, 0.4) is 0 Å². The molecule has 1 aromatic carbocycles. The molecule has 8 atom stereocenters. The normalized spacial score (nSPS) is 28.0. The summed E-state index contributed by atoms with van der Waals surface area (Å²) in [5.74, 6) is 0. The van der Waals surface area contributed by atoms with Gasteiger partial charge in [-0.05, 0) is 0 Å². The highest BCUT2D eigenvalue weighted by Gasteiger charge is 2.41. The summed E-state index contributed by atoms with van der Waals surface area (Å²) in [6.45, 7) is 4.15. The molecule has 5 nitrogen and oxygen atoms in total. The van der Waals surface area contributed by atoms with Gasteiger partial charge in [0.2, 0.25) is 0 Å². The highest BCUT2D eigenvalue weighted by Crippen LogP contribution is 2.33. The van der Waals surface area contributed by atoms with Crippen LogP contribution in [-0.4, -0.2) is 31.0 Å². The molecule has 8 heteroatoms. The van der Waals surface area contributed by atoms with Gasteiger partial charge >= 0.3 is 0 Å². The monoisotopic (exact) mass is 362 g/mol. The van der Waals surface area contributed by atoms with Gasteiger partial charge in [-0.3, -0.25) is 0 Å². The standard InChI is InChI=1S/C14H21O5P3/c1-2-10(17-20)13(19-22)12-11(18-21)8-15-14(16-12)9-6-4-3-5-7-9/h2-7,10-14H,1,8,20-22H2/t10-,11-,12-,13-,14?/m1/s1. The minimum Gasteiger partial charge on any atom is -0.357 e. The van der Waals surface area contributed by atoms with Crippen LogP contribution in [0, 0.1) is 0 Å². The highest BCUT2D eigenvalue weighted by molar-refractivity contribution is 7.10. The van der Waals surface area contributed by atoms with Crippen molar-refractivity contribution in [3.05, 3.63) is 48.6 Å². The summed E-state index contributed by atoms with van der Waals surface area (Å²) in [7, 11) is 6.72. The van der Waals surface area contributed by atoms with Crippen LogP contribution in [0.5, 0.6) is 0 Å². The van der Waals surface area contributed by atoms with Gasteiger partial charge in [-0.2, -0.15) is 0 Å². The van der Waals surface area contributed by atoms with Crippen molar-refractivity contribution in [1.82, 2.24) is 0 Å². The first kappa shape index (κ1) is 18.4. The van der Waals surface area contributed by atoms with Gasteiger partial charge in [0.15, 0.2) is 6.29 Å². The quantitative estimate of drug-likeness (QED) is 0.551. The number of rotatable bonds is 7. The fourth-order valence-corrected chi connectivity index (χ4v) is 3.16. The molecule has 1 heterocycles. The molecular formula is C14H21O5P3. The lowest BCUT2D eigenvalue weighted by Crippen LogP contribution is -2.51. The summed E-state index contributed by atoms with van der Waals surface area (Å²) in [6, 6.07) is 9.74. The Labute approximate surface area is 137 Å². The summed E-state index contributed by atoms with van der Waals surface area (Å²) in [6.07, 6.45) is -0.237. The maximum absolute atomic E-state index is 6.08. The first-order chi connectivity index (χ1) is 10.7. The summed E-state index contributed by atoms with van der Waals surface area (Å²) in [5.41, 5.74) is 0.944. The Balaban J connectivity index is 2.19. The van der Waals surface area contributed by atoms with E-state index in [-0.39, 0.29) is 18.3 Å². The third-order valence-corrected chi connectivity index (χ3v) is 4.48. The SMILES string of the molecule is C=C[C@@H](OP)[C@@H](OP)[C@@H]1OC(c2ccccc2)OC[C@H]1OP. The van der Waals surface area contributed by atoms with E-state index in [1.807, 2.05) is 30.3 Å². The van der Waals surface area contributed by atoms with Crippen LogP contribution in [0.25, 0.3) is 0 Å². The lowest BCUT2D eigenvalue weighted by Gasteiger charge is -2.40. The van der Waals surface area contributed by atoms with Crippen LogP contribution in [0.15, 0.2) is 43.0 Å². The smallest absolute Gasteiger partial charge is 0.184 e. The largest absolute Gasteiger partial charge is 0.357 e. The van der Waals surface area contributed by atoms with Gasteiger partial charge in [-0.25, -0.2) is 0 Å². The second kappa shape index (κ2) is 9.37. The number of benzene rings is 1. The molecule has 0 saturated carbocycles. The first-order valence-corrected chi connectivity index (χ1v) is 8.17. The molecule has 22 heavy (non-hydrogen) atoms. The van der Waals surface area contributed by atoms with Gasteiger partial charge in [0.05, 0.1) is 6.61 Å². The van der Waals surface area contributed by atoms with E-state index in [2.05, 4.69) is 35.0 Å². The predicted molar refractivity (Wildman–Crippen MR) is 94.0 cm³/mol. The molecule has 0 aliphatic carbocycles. The molecule has 1 aliphatic rings. The zero-order valence-corrected chi connectivity index (χ0v) is 15.5. The minimum atomic E-state index is -0.472. The van der Waals surface area contributed by atoms with E-state index < -0.39 is 12.4 Å². The average Bonchev–Trinajstić information content (AvgIpc) is 2.59. The van der Waals surface area contributed by atoms with Crippen molar-refractivity contribution in [2.45, 2.75) is 30.7 Å². The lowest BCUT2D eigenvalue weighted by molar-refractivity contribution is -0.270. The molecule has 1 fully saturated rings. The van der Waals surface area contributed by atoms with E-state index in [0.717, 1.165) is 5.56 Å². The molecule has 0 amide bonds. The van der Waals surface area contributed by atoms with Crippen LogP contribution >= 0.6 is 28.4 Å². The lowest BCUT2D eigenvalue weighted by atomic mass is 10.0. The second-order valence-corrected chi connectivity index (χ2v) is 5.60. The van der Waals surface area contributed by atoms with Gasteiger partial charge in [0.25, 0.3) is 0 Å². The summed E-state index contributed by atoms with van der Waals surface area (Å²) in [4.78, 5) is 0. The molecule has 0 N–H and O–H groups in total. The third kappa shape index (κ3) is 4.32. The number of hydrogen-bond donors (Lipinski definition) is 0. The maximum Gasteiger partial charge on any atom is 0.184 e. The Hall–Kier alpha value is 0.0500. The predicted octanol–water partition coefficient (Wildman–Crippen LogP) is 2.81. The Kier molecular flexibility index (Phi) is 7.83. The average molecular weight is 362 g/mol. The van der Waals surface area contributed by atoms with Gasteiger partial charge < -0.3 is 23.0 Å². The molecule has 1 saturated heterocycles. The number of hydrogen-bond acceptors (Lipinski definition) is 5. The molecule has 1 aromatic rings. The molecule has 0 bridgehead atoms. The van der Waals surface area contributed by atoms with Crippen molar-refractivity contribution in [1.29, 1.82) is 0 Å². The van der Waals surface area contributed by atoms with E-state index in [4.69, 9.17) is 23.0 Å². The van der Waals surface area contributed by atoms with Crippen molar-refractivity contribution >= 4 is 28.4 Å². The molecule has 122 valence electrons. The number of ether oxygens (including phenoxy) is 2. The zero-order chi connectivity index (χ0) is 15.9. The highest BCUT2D eigenvalue weighted by atomic mass is 31.0. The van der Waals surface area contributed by atoms with Crippen molar-refractivity contribution < 1.29 is 23.0 Å². The Morgan fingerprint density at radius 3 is 2.45 bits per heavy atom. The van der Waals surface area contributed by atoms with E-state index in [9.17, 15) is 0 Å². The van der Waals surface area contributed by atoms with Gasteiger partial charge in [-0.1, -0.05) is 36.4 Å². The first-order valence-electron chi connectivity index (χ1n) is 6.76. The van der Waals surface area contributed by atoms with Crippen molar-refractivity contribution in [2.24, 2.45) is 0 Å².